The van der Waals surface area contributed by atoms with Crippen LogP contribution in [0.2, 0.25) is 0 Å². The van der Waals surface area contributed by atoms with Gasteiger partial charge in [-0.1, -0.05) is 60.7 Å². The summed E-state index contributed by atoms with van der Waals surface area (Å²) in [5.41, 5.74) is 1.14. The highest BCUT2D eigenvalue weighted by Crippen LogP contribution is 2.40. The molecule has 4 aromatic rings. The predicted octanol–water partition coefficient (Wildman–Crippen LogP) is 5.06. The van der Waals surface area contributed by atoms with E-state index in [4.69, 9.17) is 0 Å². The van der Waals surface area contributed by atoms with E-state index < -0.39 is 5.97 Å². The average molecular weight is 314 g/mol. The van der Waals surface area contributed by atoms with Gasteiger partial charge in [-0.25, -0.2) is 4.79 Å². The van der Waals surface area contributed by atoms with Crippen LogP contribution in [0.5, 0.6) is 5.75 Å². The van der Waals surface area contributed by atoms with Crippen molar-refractivity contribution in [2.75, 3.05) is 0 Å². The van der Waals surface area contributed by atoms with Gasteiger partial charge >= 0.3 is 5.97 Å². The molecule has 0 unspecified atom stereocenters. The maximum Gasteiger partial charge on any atom is 0.336 e. The second-order valence-electron chi connectivity index (χ2n) is 5.74. The molecule has 0 aliphatic heterocycles. The van der Waals surface area contributed by atoms with Crippen molar-refractivity contribution in [1.82, 2.24) is 0 Å². The minimum absolute atomic E-state index is 0.000723. The zero-order chi connectivity index (χ0) is 16.7. The monoisotopic (exact) mass is 314 g/mol. The molecule has 0 bridgehead atoms. The lowest BCUT2D eigenvalue weighted by Gasteiger charge is -2.13. The Morgan fingerprint density at radius 1 is 0.750 bits per heavy atom. The van der Waals surface area contributed by atoms with Crippen LogP contribution in [0.4, 0.5) is 0 Å². The fraction of sp³-hybridized carbons (Fsp3) is 0. The van der Waals surface area contributed by atoms with Crippen molar-refractivity contribution in [3.63, 3.8) is 0 Å². The Hall–Kier alpha value is -3.33. The first kappa shape index (κ1) is 14.3. The first-order valence-electron chi connectivity index (χ1n) is 7.62. The zero-order valence-corrected chi connectivity index (χ0v) is 12.7. The Kier molecular flexibility index (Phi) is 3.21. The molecule has 0 fully saturated rings. The topological polar surface area (TPSA) is 57.5 Å². The standard InChI is InChI=1S/C21H14O3/c22-20-17-8-4-3-7-15(17)12-18(21(23)24)19(20)16-10-9-13-5-1-2-6-14(13)11-16/h1-12,22H,(H,23,24). The predicted molar refractivity (Wildman–Crippen MR) is 95.5 cm³/mol. The van der Waals surface area contributed by atoms with E-state index in [0.29, 0.717) is 21.9 Å². The molecule has 0 aliphatic rings. The van der Waals surface area contributed by atoms with Crippen LogP contribution in [0.25, 0.3) is 32.7 Å². The van der Waals surface area contributed by atoms with E-state index in [1.54, 1.807) is 18.2 Å². The van der Waals surface area contributed by atoms with Gasteiger partial charge in [-0.15, -0.1) is 0 Å². The highest BCUT2D eigenvalue weighted by Gasteiger charge is 2.19. The molecule has 24 heavy (non-hydrogen) atoms. The molecule has 0 radical (unpaired) electrons. The summed E-state index contributed by atoms with van der Waals surface area (Å²) in [4.78, 5) is 11.7. The number of fused-ring (bicyclic) bond motifs is 2. The Bertz CT molecular complexity index is 1100. The molecule has 0 heterocycles. The van der Waals surface area contributed by atoms with Crippen LogP contribution in [-0.2, 0) is 0 Å². The number of phenols is 1. The largest absolute Gasteiger partial charge is 0.507 e. The fourth-order valence-corrected chi connectivity index (χ4v) is 3.13. The van der Waals surface area contributed by atoms with Gasteiger partial charge in [0.15, 0.2) is 0 Å². The molecule has 4 rings (SSSR count). The van der Waals surface area contributed by atoms with Crippen LogP contribution < -0.4 is 0 Å². The summed E-state index contributed by atoms with van der Waals surface area (Å²) in [5.74, 6) is -1.06. The molecule has 4 aromatic carbocycles. The van der Waals surface area contributed by atoms with Crippen molar-refractivity contribution >= 4 is 27.5 Å². The van der Waals surface area contributed by atoms with Gasteiger partial charge < -0.3 is 10.2 Å². The lowest BCUT2D eigenvalue weighted by atomic mass is 9.93. The summed E-state index contributed by atoms with van der Waals surface area (Å²) >= 11 is 0. The quantitative estimate of drug-likeness (QED) is 0.543. The van der Waals surface area contributed by atoms with Gasteiger partial charge in [0.1, 0.15) is 5.75 Å². The summed E-state index contributed by atoms with van der Waals surface area (Å²) < 4.78 is 0. The minimum Gasteiger partial charge on any atom is -0.507 e. The van der Waals surface area contributed by atoms with E-state index in [1.807, 2.05) is 54.6 Å². The van der Waals surface area contributed by atoms with Gasteiger partial charge in [-0.2, -0.15) is 0 Å². The van der Waals surface area contributed by atoms with Gasteiger partial charge in [0.2, 0.25) is 0 Å². The molecule has 0 saturated carbocycles. The Morgan fingerprint density at radius 2 is 1.42 bits per heavy atom. The number of hydrogen-bond donors (Lipinski definition) is 2. The molecule has 2 N–H and O–H groups in total. The number of aromatic hydroxyl groups is 1. The maximum absolute atomic E-state index is 11.7. The molecule has 0 aromatic heterocycles. The van der Waals surface area contributed by atoms with Crippen molar-refractivity contribution in [2.24, 2.45) is 0 Å². The lowest BCUT2D eigenvalue weighted by Crippen LogP contribution is -2.00. The molecule has 0 spiro atoms. The number of rotatable bonds is 2. The highest BCUT2D eigenvalue weighted by molar-refractivity contribution is 6.07. The summed E-state index contributed by atoms with van der Waals surface area (Å²) in [6.07, 6.45) is 0. The van der Waals surface area contributed by atoms with Crippen LogP contribution in [0.1, 0.15) is 10.4 Å². The van der Waals surface area contributed by atoms with E-state index in [0.717, 1.165) is 10.8 Å². The van der Waals surface area contributed by atoms with Crippen molar-refractivity contribution in [3.05, 3.63) is 78.4 Å². The molecule has 0 saturated heterocycles. The average Bonchev–Trinajstić information content (AvgIpc) is 2.61. The SMILES string of the molecule is O=C(O)c1cc2ccccc2c(O)c1-c1ccc2ccccc2c1. The number of phenolic OH excluding ortho intramolecular Hbond substituents is 1. The molecular weight excluding hydrogens is 300 g/mol. The number of carboxylic acids is 1. The Morgan fingerprint density at radius 3 is 2.17 bits per heavy atom. The van der Waals surface area contributed by atoms with Crippen LogP contribution in [-0.4, -0.2) is 16.2 Å². The van der Waals surface area contributed by atoms with Gasteiger partial charge in [0, 0.05) is 10.9 Å². The second kappa shape index (κ2) is 5.39. The number of carboxylic acid groups (broad SMARTS) is 1. The van der Waals surface area contributed by atoms with Crippen LogP contribution in [0.15, 0.2) is 72.8 Å². The Balaban J connectivity index is 2.08. The van der Waals surface area contributed by atoms with Gasteiger partial charge in [-0.3, -0.25) is 0 Å². The van der Waals surface area contributed by atoms with E-state index in [2.05, 4.69) is 0 Å². The van der Waals surface area contributed by atoms with Crippen molar-refractivity contribution < 1.29 is 15.0 Å². The third-order valence-electron chi connectivity index (χ3n) is 4.29. The summed E-state index contributed by atoms with van der Waals surface area (Å²) in [7, 11) is 0. The van der Waals surface area contributed by atoms with E-state index in [1.165, 1.54) is 0 Å². The third kappa shape index (κ3) is 2.18. The lowest BCUT2D eigenvalue weighted by molar-refractivity contribution is 0.0697. The van der Waals surface area contributed by atoms with E-state index >= 15 is 0 Å². The summed E-state index contributed by atoms with van der Waals surface area (Å²) in [6.45, 7) is 0. The van der Waals surface area contributed by atoms with Crippen molar-refractivity contribution in [2.45, 2.75) is 0 Å². The molecule has 3 nitrogen and oxygen atoms in total. The highest BCUT2D eigenvalue weighted by atomic mass is 16.4. The third-order valence-corrected chi connectivity index (χ3v) is 4.29. The van der Waals surface area contributed by atoms with E-state index in [9.17, 15) is 15.0 Å². The van der Waals surface area contributed by atoms with E-state index in [-0.39, 0.29) is 11.3 Å². The Labute approximate surface area is 138 Å². The van der Waals surface area contributed by atoms with Gasteiger partial charge in [-0.05, 0) is 33.9 Å². The van der Waals surface area contributed by atoms with Gasteiger partial charge in [0.05, 0.1) is 5.56 Å². The zero-order valence-electron chi connectivity index (χ0n) is 12.7. The molecule has 116 valence electrons. The van der Waals surface area contributed by atoms with Crippen molar-refractivity contribution in [3.8, 4) is 16.9 Å². The minimum atomic E-state index is -1.06. The first-order valence-corrected chi connectivity index (χ1v) is 7.62. The van der Waals surface area contributed by atoms with Crippen LogP contribution >= 0.6 is 0 Å². The summed E-state index contributed by atoms with van der Waals surface area (Å²) in [6, 6.07) is 22.4. The normalized spacial score (nSPS) is 11.0. The number of benzene rings is 4. The fourth-order valence-electron chi connectivity index (χ4n) is 3.13. The smallest absolute Gasteiger partial charge is 0.336 e. The number of carbonyl (C=O) groups is 1. The maximum atomic E-state index is 11.7. The molecule has 3 heteroatoms. The molecule has 0 aliphatic carbocycles. The number of hydrogen-bond acceptors (Lipinski definition) is 2. The second-order valence-corrected chi connectivity index (χ2v) is 5.74. The molecule has 0 atom stereocenters. The van der Waals surface area contributed by atoms with Crippen LogP contribution in [0.3, 0.4) is 0 Å². The van der Waals surface area contributed by atoms with Crippen molar-refractivity contribution in [1.29, 1.82) is 0 Å². The van der Waals surface area contributed by atoms with Gasteiger partial charge in [0.25, 0.3) is 0 Å². The first-order chi connectivity index (χ1) is 11.6. The van der Waals surface area contributed by atoms with Crippen LogP contribution in [0, 0.1) is 0 Å². The summed E-state index contributed by atoms with van der Waals surface area (Å²) in [5, 5.41) is 23.8. The number of aromatic carboxylic acids is 1. The molecule has 0 amide bonds. The molecular formula is C21H14O3.